The molecule has 2 N–H and O–H groups in total. The smallest absolute Gasteiger partial charge is 0.321 e. The number of likely N-dealkylation sites (tertiary alicyclic amines) is 1. The maximum absolute atomic E-state index is 13.8. The van der Waals surface area contributed by atoms with Gasteiger partial charge in [0.15, 0.2) is 0 Å². The van der Waals surface area contributed by atoms with E-state index in [2.05, 4.69) is 10.6 Å². The summed E-state index contributed by atoms with van der Waals surface area (Å²) in [6.45, 7) is 1.49. The first-order valence-electron chi connectivity index (χ1n) is 7.96. The largest absolute Gasteiger partial charge is 0.325 e. The van der Waals surface area contributed by atoms with Crippen LogP contribution in [-0.2, 0) is 0 Å². The van der Waals surface area contributed by atoms with Crippen molar-refractivity contribution in [3.63, 3.8) is 0 Å². The van der Waals surface area contributed by atoms with Gasteiger partial charge in [0, 0.05) is 24.5 Å². The number of nitrogens with zero attached hydrogens (tertiary/aromatic N) is 1. The molecule has 3 rings (SSSR count). The number of hydrogen-bond acceptors (Lipinski definition) is 2. The van der Waals surface area contributed by atoms with Gasteiger partial charge in [0.1, 0.15) is 5.82 Å². The topological polar surface area (TPSA) is 61.4 Å². The summed E-state index contributed by atoms with van der Waals surface area (Å²) >= 11 is 5.90. The molecule has 2 aromatic carbocycles. The van der Waals surface area contributed by atoms with Crippen molar-refractivity contribution in [3.8, 4) is 0 Å². The number of nitrogens with one attached hydrogen (secondary N) is 2. The van der Waals surface area contributed by atoms with Gasteiger partial charge in [-0.2, -0.15) is 0 Å². The first-order chi connectivity index (χ1) is 12.0. The molecule has 5 nitrogen and oxygen atoms in total. The molecule has 25 heavy (non-hydrogen) atoms. The zero-order valence-electron chi connectivity index (χ0n) is 13.4. The molecule has 0 atom stereocenters. The van der Waals surface area contributed by atoms with E-state index in [9.17, 15) is 14.0 Å². The van der Waals surface area contributed by atoms with Gasteiger partial charge < -0.3 is 15.5 Å². The third-order valence-electron chi connectivity index (χ3n) is 3.95. The second kappa shape index (κ2) is 7.53. The highest BCUT2D eigenvalue weighted by Gasteiger charge is 2.18. The molecule has 1 aliphatic heterocycles. The van der Waals surface area contributed by atoms with Gasteiger partial charge in [0.25, 0.3) is 5.91 Å². The first-order valence-corrected chi connectivity index (χ1v) is 8.34. The second-order valence-electron chi connectivity index (χ2n) is 5.76. The molecule has 0 spiro atoms. The van der Waals surface area contributed by atoms with Gasteiger partial charge in [-0.1, -0.05) is 23.7 Å². The molecule has 3 amide bonds. The van der Waals surface area contributed by atoms with Crippen molar-refractivity contribution in [2.24, 2.45) is 0 Å². The van der Waals surface area contributed by atoms with Crippen molar-refractivity contribution in [2.75, 3.05) is 23.7 Å². The van der Waals surface area contributed by atoms with Crippen LogP contribution < -0.4 is 10.6 Å². The lowest BCUT2D eigenvalue weighted by molar-refractivity contribution is 0.102. The van der Waals surface area contributed by atoms with Gasteiger partial charge in [-0.05, 0) is 43.2 Å². The molecule has 0 aromatic heterocycles. The monoisotopic (exact) mass is 361 g/mol. The Balaban J connectivity index is 1.71. The van der Waals surface area contributed by atoms with Crippen LogP contribution in [0.15, 0.2) is 42.5 Å². The minimum atomic E-state index is -0.691. The molecular weight excluding hydrogens is 345 g/mol. The van der Waals surface area contributed by atoms with E-state index < -0.39 is 11.7 Å². The fourth-order valence-corrected chi connectivity index (χ4v) is 2.95. The number of amides is 3. The fourth-order valence-electron chi connectivity index (χ4n) is 2.71. The Hall–Kier alpha value is -2.60. The number of halogens is 2. The minimum absolute atomic E-state index is 0.0380. The maximum atomic E-state index is 13.8. The number of benzene rings is 2. The molecule has 0 bridgehead atoms. The average Bonchev–Trinajstić information content (AvgIpc) is 3.09. The predicted octanol–water partition coefficient (Wildman–Crippen LogP) is 4.36. The predicted molar refractivity (Wildman–Crippen MR) is 95.6 cm³/mol. The zero-order valence-corrected chi connectivity index (χ0v) is 14.1. The lowest BCUT2D eigenvalue weighted by Crippen LogP contribution is -2.32. The molecule has 7 heteroatoms. The Morgan fingerprint density at radius 2 is 1.64 bits per heavy atom. The van der Waals surface area contributed by atoms with Crippen LogP contribution in [0.1, 0.15) is 23.2 Å². The molecule has 1 heterocycles. The van der Waals surface area contributed by atoms with Crippen molar-refractivity contribution >= 4 is 34.9 Å². The quantitative estimate of drug-likeness (QED) is 0.853. The van der Waals surface area contributed by atoms with Crippen LogP contribution in [0.5, 0.6) is 0 Å². The summed E-state index contributed by atoms with van der Waals surface area (Å²) in [5.41, 5.74) is 0.772. The van der Waals surface area contributed by atoms with E-state index in [1.165, 1.54) is 18.2 Å². The van der Waals surface area contributed by atoms with Crippen LogP contribution in [0.2, 0.25) is 5.02 Å². The van der Waals surface area contributed by atoms with Crippen LogP contribution in [0.3, 0.4) is 0 Å². The van der Waals surface area contributed by atoms with Crippen LogP contribution in [-0.4, -0.2) is 29.9 Å². The van der Waals surface area contributed by atoms with Crippen LogP contribution in [0.25, 0.3) is 0 Å². The lowest BCUT2D eigenvalue weighted by Gasteiger charge is -2.16. The van der Waals surface area contributed by atoms with Crippen molar-refractivity contribution < 1.29 is 14.0 Å². The van der Waals surface area contributed by atoms with Crippen LogP contribution >= 0.6 is 11.6 Å². The van der Waals surface area contributed by atoms with Crippen molar-refractivity contribution in [3.05, 3.63) is 58.9 Å². The summed E-state index contributed by atoms with van der Waals surface area (Å²) in [7, 11) is 0. The van der Waals surface area contributed by atoms with E-state index in [0.29, 0.717) is 11.4 Å². The Bertz CT molecular complexity index is 786. The Labute approximate surface area is 149 Å². The summed E-state index contributed by atoms with van der Waals surface area (Å²) in [6, 6.07) is 10.6. The Morgan fingerprint density at radius 3 is 2.32 bits per heavy atom. The number of hydrogen-bond donors (Lipinski definition) is 2. The van der Waals surface area contributed by atoms with Gasteiger partial charge in [0.05, 0.1) is 10.6 Å². The first kappa shape index (κ1) is 17.2. The van der Waals surface area contributed by atoms with E-state index in [-0.39, 0.29) is 16.6 Å². The van der Waals surface area contributed by atoms with Gasteiger partial charge in [-0.15, -0.1) is 0 Å². The summed E-state index contributed by atoms with van der Waals surface area (Å²) < 4.78 is 13.8. The number of rotatable bonds is 3. The average molecular weight is 362 g/mol. The Morgan fingerprint density at radius 1 is 1.00 bits per heavy atom. The minimum Gasteiger partial charge on any atom is -0.325 e. The fraction of sp³-hybridized carbons (Fsp3) is 0.222. The van der Waals surface area contributed by atoms with E-state index in [4.69, 9.17) is 11.6 Å². The molecule has 0 unspecified atom stereocenters. The maximum Gasteiger partial charge on any atom is 0.321 e. The van der Waals surface area contributed by atoms with E-state index in [1.54, 1.807) is 29.2 Å². The summed E-state index contributed by atoms with van der Waals surface area (Å²) in [5.74, 6) is -1.34. The molecule has 1 aliphatic rings. The Kier molecular flexibility index (Phi) is 5.19. The van der Waals surface area contributed by atoms with Crippen molar-refractivity contribution in [1.29, 1.82) is 0 Å². The molecule has 0 aliphatic carbocycles. The lowest BCUT2D eigenvalue weighted by atomic mass is 10.2. The number of carbonyl (C=O) groups excluding carboxylic acids is 2. The normalized spacial score (nSPS) is 13.6. The molecular formula is C18H17ClFN3O2. The molecule has 1 saturated heterocycles. The van der Waals surface area contributed by atoms with Crippen molar-refractivity contribution in [1.82, 2.24) is 4.90 Å². The van der Waals surface area contributed by atoms with E-state index >= 15 is 0 Å². The SMILES string of the molecule is O=C(Nc1cccc(NC(=O)N2CCCC2)c1)c1c(F)cccc1Cl. The molecule has 0 saturated carbocycles. The summed E-state index contributed by atoms with van der Waals surface area (Å²) in [4.78, 5) is 26.1. The summed E-state index contributed by atoms with van der Waals surface area (Å²) in [6.07, 6.45) is 2.01. The standard InChI is InChI=1S/C18H17ClFN3O2/c19-14-7-4-8-15(20)16(14)17(24)21-12-5-3-6-13(11-12)22-18(25)23-9-1-2-10-23/h3-8,11H,1-2,9-10H2,(H,21,24)(H,22,25). The number of carbonyl (C=O) groups is 2. The van der Waals surface area contributed by atoms with Crippen molar-refractivity contribution in [2.45, 2.75) is 12.8 Å². The number of urea groups is 1. The molecule has 2 aromatic rings. The summed E-state index contributed by atoms with van der Waals surface area (Å²) in [5, 5.41) is 5.43. The van der Waals surface area contributed by atoms with E-state index in [0.717, 1.165) is 25.9 Å². The van der Waals surface area contributed by atoms with Crippen LogP contribution in [0, 0.1) is 5.82 Å². The third-order valence-corrected chi connectivity index (χ3v) is 4.27. The number of anilines is 2. The third kappa shape index (κ3) is 4.09. The van der Waals surface area contributed by atoms with Crippen LogP contribution in [0.4, 0.5) is 20.6 Å². The molecule has 0 radical (unpaired) electrons. The van der Waals surface area contributed by atoms with Gasteiger partial charge in [0.2, 0.25) is 0 Å². The highest BCUT2D eigenvalue weighted by molar-refractivity contribution is 6.34. The van der Waals surface area contributed by atoms with E-state index in [1.807, 2.05) is 0 Å². The second-order valence-corrected chi connectivity index (χ2v) is 6.16. The zero-order chi connectivity index (χ0) is 17.8. The highest BCUT2D eigenvalue weighted by atomic mass is 35.5. The van der Waals surface area contributed by atoms with Gasteiger partial charge in [-0.3, -0.25) is 4.79 Å². The molecule has 1 fully saturated rings. The van der Waals surface area contributed by atoms with Gasteiger partial charge >= 0.3 is 6.03 Å². The molecule has 130 valence electrons. The highest BCUT2D eigenvalue weighted by Crippen LogP contribution is 2.22. The van der Waals surface area contributed by atoms with Gasteiger partial charge in [-0.25, -0.2) is 9.18 Å².